The van der Waals surface area contributed by atoms with Crippen molar-refractivity contribution in [1.29, 1.82) is 0 Å². The van der Waals surface area contributed by atoms with Gasteiger partial charge in [0.1, 0.15) is 0 Å². The summed E-state index contributed by atoms with van der Waals surface area (Å²) in [7, 11) is 0. The smallest absolute Gasteiger partial charge is 0.371 e. The van der Waals surface area contributed by atoms with Crippen LogP contribution in [0.3, 0.4) is 0 Å². The van der Waals surface area contributed by atoms with Crippen LogP contribution in [-0.2, 0) is 12.6 Å². The number of piperidine rings is 1. The number of hydrogen-bond donors (Lipinski definition) is 3. The Bertz CT molecular complexity index is 1320. The highest BCUT2D eigenvalue weighted by Crippen LogP contribution is 2.35. The number of benzene rings is 3. The van der Waals surface area contributed by atoms with Crippen molar-refractivity contribution >= 4 is 29.0 Å². The molecule has 0 atom stereocenters. The first-order valence-electron chi connectivity index (χ1n) is 13.2. The summed E-state index contributed by atoms with van der Waals surface area (Å²) in [5.41, 5.74) is 1.60. The number of amides is 3. The highest BCUT2D eigenvalue weighted by atomic mass is 19.4. The van der Waals surface area contributed by atoms with Crippen molar-refractivity contribution in [2.75, 3.05) is 28.6 Å². The first kappa shape index (κ1) is 26.6. The van der Waals surface area contributed by atoms with E-state index in [1.54, 1.807) is 18.2 Å². The van der Waals surface area contributed by atoms with Crippen LogP contribution in [0.15, 0.2) is 72.8 Å². The zero-order valence-corrected chi connectivity index (χ0v) is 21.4. The minimum atomic E-state index is -4.60. The van der Waals surface area contributed by atoms with Crippen LogP contribution in [0.25, 0.3) is 0 Å². The van der Waals surface area contributed by atoms with Gasteiger partial charge in [0.2, 0.25) is 0 Å². The van der Waals surface area contributed by atoms with Gasteiger partial charge in [-0.1, -0.05) is 42.5 Å². The topological polar surface area (TPSA) is 73.5 Å². The second-order valence-corrected chi connectivity index (χ2v) is 10.2. The van der Waals surface area contributed by atoms with Crippen molar-refractivity contribution in [3.05, 3.63) is 89.5 Å². The molecule has 204 valence electrons. The molecule has 2 fully saturated rings. The Kier molecular flexibility index (Phi) is 7.77. The molecule has 0 aromatic heterocycles. The maximum absolute atomic E-state index is 13.3. The van der Waals surface area contributed by atoms with E-state index in [1.807, 2.05) is 6.07 Å². The van der Waals surface area contributed by atoms with Gasteiger partial charge in [-0.25, -0.2) is 4.79 Å². The van der Waals surface area contributed by atoms with Gasteiger partial charge in [-0.2, -0.15) is 13.2 Å². The molecule has 6 nitrogen and oxygen atoms in total. The average molecular weight is 537 g/mol. The lowest BCUT2D eigenvalue weighted by molar-refractivity contribution is -0.136. The van der Waals surface area contributed by atoms with E-state index in [0.717, 1.165) is 56.9 Å². The molecule has 0 spiro atoms. The molecule has 1 aliphatic heterocycles. The van der Waals surface area contributed by atoms with Gasteiger partial charge in [0, 0.05) is 30.5 Å². The lowest BCUT2D eigenvalue weighted by Gasteiger charge is -2.35. The Morgan fingerprint density at radius 3 is 2.23 bits per heavy atom. The maximum Gasteiger partial charge on any atom is 0.418 e. The SMILES string of the molecule is O=C(Nc1ccc(N2CCC(Cc3ccccc3)CC2)c(C(=O)NC2CC2)c1)Nc1ccccc1C(F)(F)F. The second-order valence-electron chi connectivity index (χ2n) is 10.2. The molecule has 3 aromatic carbocycles. The zero-order chi connectivity index (χ0) is 27.4. The van der Waals surface area contributed by atoms with E-state index >= 15 is 0 Å². The standard InChI is InChI=1S/C30H31F3N4O2/c31-30(32,33)25-8-4-5-9-26(25)36-29(39)35-23-12-13-27(24(19-23)28(38)34-22-10-11-22)37-16-14-21(15-17-37)18-20-6-2-1-3-7-20/h1-9,12-13,19,21-22H,10-11,14-18H2,(H,34,38)(H2,35,36,39). The van der Waals surface area contributed by atoms with Crippen molar-refractivity contribution < 1.29 is 22.8 Å². The number of anilines is 3. The van der Waals surface area contributed by atoms with Gasteiger partial charge < -0.3 is 20.9 Å². The Labute approximate surface area is 225 Å². The molecular formula is C30H31F3N4O2. The summed E-state index contributed by atoms with van der Waals surface area (Å²) in [6, 6.07) is 19.6. The van der Waals surface area contributed by atoms with Crippen molar-refractivity contribution in [2.24, 2.45) is 5.92 Å². The molecule has 1 aliphatic carbocycles. The van der Waals surface area contributed by atoms with Gasteiger partial charge in [-0.15, -0.1) is 0 Å². The lowest BCUT2D eigenvalue weighted by atomic mass is 9.89. The van der Waals surface area contributed by atoms with Gasteiger partial charge in [-0.05, 0) is 73.9 Å². The molecule has 2 aliphatic rings. The summed E-state index contributed by atoms with van der Waals surface area (Å²) in [6.07, 6.45) is 0.294. The van der Waals surface area contributed by atoms with Crippen LogP contribution in [0.1, 0.15) is 47.2 Å². The van der Waals surface area contributed by atoms with Gasteiger partial charge >= 0.3 is 12.2 Å². The van der Waals surface area contributed by atoms with Gasteiger partial charge in [0.15, 0.2) is 0 Å². The zero-order valence-electron chi connectivity index (χ0n) is 21.4. The minimum Gasteiger partial charge on any atom is -0.371 e. The fourth-order valence-corrected chi connectivity index (χ4v) is 5.01. The molecule has 1 saturated carbocycles. The Morgan fingerprint density at radius 1 is 0.846 bits per heavy atom. The van der Waals surface area contributed by atoms with Crippen LogP contribution in [0.2, 0.25) is 0 Å². The quantitative estimate of drug-likeness (QED) is 0.315. The van der Waals surface area contributed by atoms with Crippen LogP contribution in [0.5, 0.6) is 0 Å². The lowest BCUT2D eigenvalue weighted by Crippen LogP contribution is -2.36. The molecule has 3 amide bonds. The average Bonchev–Trinajstić information content (AvgIpc) is 3.73. The Balaban J connectivity index is 1.29. The maximum atomic E-state index is 13.3. The number of rotatable bonds is 7. The predicted octanol–water partition coefficient (Wildman–Crippen LogP) is 6.70. The van der Waals surface area contributed by atoms with E-state index < -0.39 is 17.8 Å². The van der Waals surface area contributed by atoms with Crippen LogP contribution in [0, 0.1) is 5.92 Å². The van der Waals surface area contributed by atoms with E-state index in [4.69, 9.17) is 0 Å². The second kappa shape index (κ2) is 11.4. The van der Waals surface area contributed by atoms with Gasteiger partial charge in [-0.3, -0.25) is 4.79 Å². The Morgan fingerprint density at radius 2 is 1.54 bits per heavy atom. The molecule has 1 saturated heterocycles. The van der Waals surface area contributed by atoms with E-state index in [-0.39, 0.29) is 17.6 Å². The van der Waals surface area contributed by atoms with Crippen molar-refractivity contribution in [2.45, 2.75) is 44.3 Å². The summed E-state index contributed by atoms with van der Waals surface area (Å²) < 4.78 is 39.9. The van der Waals surface area contributed by atoms with E-state index in [9.17, 15) is 22.8 Å². The fraction of sp³-hybridized carbons (Fsp3) is 0.333. The minimum absolute atomic E-state index is 0.153. The van der Waals surface area contributed by atoms with Crippen LogP contribution < -0.4 is 20.9 Å². The number of carbonyl (C=O) groups excluding carboxylic acids is 2. The third kappa shape index (κ3) is 6.90. The van der Waals surface area contributed by atoms with Gasteiger partial charge in [0.25, 0.3) is 5.91 Å². The number of alkyl halides is 3. The van der Waals surface area contributed by atoms with E-state index in [0.29, 0.717) is 17.2 Å². The molecule has 0 unspecified atom stereocenters. The molecule has 39 heavy (non-hydrogen) atoms. The molecule has 5 rings (SSSR count). The number of para-hydroxylation sites is 1. The largest absolute Gasteiger partial charge is 0.418 e. The third-order valence-corrected chi connectivity index (χ3v) is 7.21. The normalized spacial score (nSPS) is 16.0. The van der Waals surface area contributed by atoms with E-state index in [1.165, 1.54) is 23.8 Å². The summed E-state index contributed by atoms with van der Waals surface area (Å²) in [5.74, 6) is 0.349. The summed E-state index contributed by atoms with van der Waals surface area (Å²) >= 11 is 0. The van der Waals surface area contributed by atoms with E-state index in [2.05, 4.69) is 45.1 Å². The number of halogens is 3. The predicted molar refractivity (Wildman–Crippen MR) is 146 cm³/mol. The molecule has 9 heteroatoms. The first-order chi connectivity index (χ1) is 18.8. The van der Waals surface area contributed by atoms with Crippen molar-refractivity contribution in [3.63, 3.8) is 0 Å². The highest BCUT2D eigenvalue weighted by Gasteiger charge is 2.33. The molecule has 0 bridgehead atoms. The fourth-order valence-electron chi connectivity index (χ4n) is 5.01. The van der Waals surface area contributed by atoms with Gasteiger partial charge in [0.05, 0.1) is 16.8 Å². The number of urea groups is 1. The van der Waals surface area contributed by atoms with Crippen LogP contribution in [0.4, 0.5) is 35.0 Å². The van der Waals surface area contributed by atoms with Crippen LogP contribution in [-0.4, -0.2) is 31.1 Å². The summed E-state index contributed by atoms with van der Waals surface area (Å²) in [6.45, 7) is 1.62. The monoisotopic (exact) mass is 536 g/mol. The summed E-state index contributed by atoms with van der Waals surface area (Å²) in [4.78, 5) is 28.0. The molecule has 0 radical (unpaired) electrons. The number of nitrogens with zero attached hydrogens (tertiary/aromatic N) is 1. The molecule has 3 aromatic rings. The molecular weight excluding hydrogens is 505 g/mol. The Hall–Kier alpha value is -4.01. The third-order valence-electron chi connectivity index (χ3n) is 7.21. The van der Waals surface area contributed by atoms with Crippen LogP contribution >= 0.6 is 0 Å². The molecule has 1 heterocycles. The highest BCUT2D eigenvalue weighted by molar-refractivity contribution is 6.04. The number of hydrogen-bond acceptors (Lipinski definition) is 3. The number of carbonyl (C=O) groups is 2. The molecule has 3 N–H and O–H groups in total. The first-order valence-corrected chi connectivity index (χ1v) is 13.2. The number of nitrogens with one attached hydrogen (secondary N) is 3. The van der Waals surface area contributed by atoms with Crippen molar-refractivity contribution in [1.82, 2.24) is 5.32 Å². The van der Waals surface area contributed by atoms with Crippen molar-refractivity contribution in [3.8, 4) is 0 Å². The summed E-state index contributed by atoms with van der Waals surface area (Å²) in [5, 5.41) is 7.88.